The molecule has 0 amide bonds. The molecule has 0 spiro atoms. The van der Waals surface area contributed by atoms with Crippen LogP contribution in [-0.4, -0.2) is 48.1 Å². The SMILES string of the molecule is Cc1cc(Nc2ccc(C)c(Cl)c2)nc(N2CCN(C)CC2)n1. The van der Waals surface area contributed by atoms with Gasteiger partial charge in [-0.15, -0.1) is 0 Å². The van der Waals surface area contributed by atoms with Crippen LogP contribution in [0.15, 0.2) is 24.3 Å². The van der Waals surface area contributed by atoms with E-state index in [-0.39, 0.29) is 0 Å². The van der Waals surface area contributed by atoms with Crippen LogP contribution in [0.5, 0.6) is 0 Å². The maximum atomic E-state index is 6.19. The molecular formula is C17H22ClN5. The number of likely N-dealkylation sites (N-methyl/N-ethyl adjacent to an activating group) is 1. The van der Waals surface area contributed by atoms with Crippen molar-refractivity contribution < 1.29 is 0 Å². The van der Waals surface area contributed by atoms with Gasteiger partial charge in [-0.1, -0.05) is 17.7 Å². The van der Waals surface area contributed by atoms with Gasteiger partial charge in [0, 0.05) is 48.6 Å². The van der Waals surface area contributed by atoms with E-state index in [9.17, 15) is 0 Å². The third-order valence-electron chi connectivity index (χ3n) is 4.07. The predicted octanol–water partition coefficient (Wildman–Crippen LogP) is 3.24. The van der Waals surface area contributed by atoms with E-state index >= 15 is 0 Å². The molecule has 0 bridgehead atoms. The molecule has 6 heteroatoms. The highest BCUT2D eigenvalue weighted by Gasteiger charge is 2.17. The Hall–Kier alpha value is -1.85. The summed E-state index contributed by atoms with van der Waals surface area (Å²) in [6, 6.07) is 7.88. The summed E-state index contributed by atoms with van der Waals surface area (Å²) in [4.78, 5) is 13.8. The summed E-state index contributed by atoms with van der Waals surface area (Å²) in [7, 11) is 2.14. The van der Waals surface area contributed by atoms with E-state index in [1.165, 1.54) is 0 Å². The highest BCUT2D eigenvalue weighted by Crippen LogP contribution is 2.24. The first-order chi connectivity index (χ1) is 11.0. The standard InChI is InChI=1S/C17H22ClN5/c1-12-4-5-14(11-15(12)18)20-16-10-13(2)19-17(21-16)23-8-6-22(3)7-9-23/h4-5,10-11H,6-9H2,1-3H3,(H,19,20,21). The minimum Gasteiger partial charge on any atom is -0.340 e. The molecule has 1 N–H and O–H groups in total. The number of halogens is 1. The fourth-order valence-corrected chi connectivity index (χ4v) is 2.76. The highest BCUT2D eigenvalue weighted by atomic mass is 35.5. The molecule has 23 heavy (non-hydrogen) atoms. The molecule has 3 rings (SSSR count). The second kappa shape index (κ2) is 6.72. The number of rotatable bonds is 3. The van der Waals surface area contributed by atoms with Crippen molar-refractivity contribution in [2.75, 3.05) is 43.4 Å². The average molecular weight is 332 g/mol. The van der Waals surface area contributed by atoms with Crippen molar-refractivity contribution in [1.82, 2.24) is 14.9 Å². The van der Waals surface area contributed by atoms with Gasteiger partial charge in [0.15, 0.2) is 0 Å². The summed E-state index contributed by atoms with van der Waals surface area (Å²) in [6.45, 7) is 7.97. The Bertz CT molecular complexity index is 695. The van der Waals surface area contributed by atoms with E-state index < -0.39 is 0 Å². The largest absolute Gasteiger partial charge is 0.340 e. The van der Waals surface area contributed by atoms with Crippen LogP contribution in [0.2, 0.25) is 5.02 Å². The van der Waals surface area contributed by atoms with Crippen molar-refractivity contribution in [3.05, 3.63) is 40.5 Å². The van der Waals surface area contributed by atoms with Crippen LogP contribution in [0.1, 0.15) is 11.3 Å². The molecule has 0 atom stereocenters. The summed E-state index contributed by atoms with van der Waals surface area (Å²) in [5.74, 6) is 1.59. The maximum Gasteiger partial charge on any atom is 0.227 e. The Labute approximate surface area is 142 Å². The van der Waals surface area contributed by atoms with Gasteiger partial charge < -0.3 is 15.1 Å². The molecule has 0 unspecified atom stereocenters. The summed E-state index contributed by atoms with van der Waals surface area (Å²) in [5, 5.41) is 4.08. The van der Waals surface area contributed by atoms with Crippen LogP contribution in [0.4, 0.5) is 17.5 Å². The number of benzene rings is 1. The number of aromatic nitrogens is 2. The van der Waals surface area contributed by atoms with Gasteiger partial charge in [-0.25, -0.2) is 4.98 Å². The van der Waals surface area contributed by atoms with Gasteiger partial charge >= 0.3 is 0 Å². The van der Waals surface area contributed by atoms with Crippen molar-refractivity contribution >= 4 is 29.1 Å². The van der Waals surface area contributed by atoms with Crippen molar-refractivity contribution in [1.29, 1.82) is 0 Å². The minimum absolute atomic E-state index is 0.750. The first kappa shape index (κ1) is 16.0. The first-order valence-electron chi connectivity index (χ1n) is 7.83. The minimum atomic E-state index is 0.750. The second-order valence-corrected chi connectivity index (χ2v) is 6.48. The van der Waals surface area contributed by atoms with Gasteiger partial charge in [-0.05, 0) is 38.6 Å². The van der Waals surface area contributed by atoms with Gasteiger partial charge in [0.25, 0.3) is 0 Å². The third kappa shape index (κ3) is 3.92. The number of piperazine rings is 1. The van der Waals surface area contributed by atoms with Crippen LogP contribution in [0.25, 0.3) is 0 Å². The molecule has 1 aromatic carbocycles. The van der Waals surface area contributed by atoms with E-state index in [2.05, 4.69) is 32.1 Å². The number of aryl methyl sites for hydroxylation is 2. The lowest BCUT2D eigenvalue weighted by Crippen LogP contribution is -2.45. The Kier molecular flexibility index (Phi) is 4.68. The highest BCUT2D eigenvalue weighted by molar-refractivity contribution is 6.31. The van der Waals surface area contributed by atoms with Gasteiger partial charge in [0.1, 0.15) is 5.82 Å². The zero-order valence-electron chi connectivity index (χ0n) is 13.8. The van der Waals surface area contributed by atoms with Gasteiger partial charge in [0.2, 0.25) is 5.95 Å². The van der Waals surface area contributed by atoms with E-state index in [4.69, 9.17) is 11.6 Å². The number of nitrogens with zero attached hydrogens (tertiary/aromatic N) is 4. The molecule has 122 valence electrons. The zero-order chi connectivity index (χ0) is 16.4. The molecule has 5 nitrogen and oxygen atoms in total. The van der Waals surface area contributed by atoms with E-state index in [1.54, 1.807) is 0 Å². The molecule has 2 heterocycles. The van der Waals surface area contributed by atoms with Crippen molar-refractivity contribution in [3.8, 4) is 0 Å². The van der Waals surface area contributed by atoms with Crippen LogP contribution < -0.4 is 10.2 Å². The number of hydrogen-bond acceptors (Lipinski definition) is 5. The Morgan fingerprint density at radius 2 is 1.78 bits per heavy atom. The smallest absolute Gasteiger partial charge is 0.227 e. The molecule has 1 aliphatic rings. The topological polar surface area (TPSA) is 44.3 Å². The molecular weight excluding hydrogens is 310 g/mol. The van der Waals surface area contributed by atoms with Crippen molar-refractivity contribution in [2.24, 2.45) is 0 Å². The van der Waals surface area contributed by atoms with Gasteiger partial charge in [-0.3, -0.25) is 0 Å². The third-order valence-corrected chi connectivity index (χ3v) is 4.48. The molecule has 1 aliphatic heterocycles. The van der Waals surface area contributed by atoms with Gasteiger partial charge in [0.05, 0.1) is 0 Å². The van der Waals surface area contributed by atoms with Crippen LogP contribution in [-0.2, 0) is 0 Å². The number of anilines is 3. The Morgan fingerprint density at radius 1 is 1.04 bits per heavy atom. The molecule has 1 aromatic heterocycles. The average Bonchev–Trinajstić information content (AvgIpc) is 2.51. The molecule has 0 aliphatic carbocycles. The van der Waals surface area contributed by atoms with Crippen molar-refractivity contribution in [3.63, 3.8) is 0 Å². The predicted molar refractivity (Wildman–Crippen MR) is 96.0 cm³/mol. The lowest BCUT2D eigenvalue weighted by Gasteiger charge is -2.32. The van der Waals surface area contributed by atoms with E-state index in [0.29, 0.717) is 0 Å². The summed E-state index contributed by atoms with van der Waals surface area (Å²) in [5.41, 5.74) is 2.95. The fraction of sp³-hybridized carbons (Fsp3) is 0.412. The summed E-state index contributed by atoms with van der Waals surface area (Å²) < 4.78 is 0. The normalized spacial score (nSPS) is 15.7. The van der Waals surface area contributed by atoms with E-state index in [1.807, 2.05) is 38.1 Å². The van der Waals surface area contributed by atoms with E-state index in [0.717, 1.165) is 59.9 Å². The quantitative estimate of drug-likeness (QED) is 0.935. The zero-order valence-corrected chi connectivity index (χ0v) is 14.6. The second-order valence-electron chi connectivity index (χ2n) is 6.07. The molecule has 1 fully saturated rings. The van der Waals surface area contributed by atoms with Crippen LogP contribution in [0.3, 0.4) is 0 Å². The number of hydrogen-bond donors (Lipinski definition) is 1. The lowest BCUT2D eigenvalue weighted by molar-refractivity contribution is 0.311. The molecule has 2 aromatic rings. The first-order valence-corrected chi connectivity index (χ1v) is 8.21. The number of nitrogens with one attached hydrogen (secondary N) is 1. The fourth-order valence-electron chi connectivity index (χ4n) is 2.58. The Morgan fingerprint density at radius 3 is 2.48 bits per heavy atom. The Balaban J connectivity index is 1.81. The van der Waals surface area contributed by atoms with Crippen LogP contribution >= 0.6 is 11.6 Å². The maximum absolute atomic E-state index is 6.19. The lowest BCUT2D eigenvalue weighted by atomic mass is 10.2. The monoisotopic (exact) mass is 331 g/mol. The van der Waals surface area contributed by atoms with Gasteiger partial charge in [-0.2, -0.15) is 4.98 Å². The molecule has 1 saturated heterocycles. The molecule has 0 saturated carbocycles. The molecule has 0 radical (unpaired) electrons. The van der Waals surface area contributed by atoms with Crippen molar-refractivity contribution in [2.45, 2.75) is 13.8 Å². The van der Waals surface area contributed by atoms with Crippen LogP contribution in [0, 0.1) is 13.8 Å². The summed E-state index contributed by atoms with van der Waals surface area (Å²) in [6.07, 6.45) is 0. The summed E-state index contributed by atoms with van der Waals surface area (Å²) >= 11 is 6.19.